The average molecular weight is 172 g/mol. The SMILES string of the molecule is NCCCCN1CCOCC1=O. The maximum absolute atomic E-state index is 11.2. The maximum atomic E-state index is 11.2. The molecular formula is C8H16N2O2. The Balaban J connectivity index is 2.16. The molecule has 1 saturated heterocycles. The molecule has 1 aliphatic rings. The number of ether oxygens (including phenoxy) is 1. The van der Waals surface area contributed by atoms with Crippen molar-refractivity contribution >= 4 is 5.91 Å². The van der Waals surface area contributed by atoms with Crippen molar-refractivity contribution in [1.82, 2.24) is 4.90 Å². The quantitative estimate of drug-likeness (QED) is 0.586. The first-order valence-electron chi connectivity index (χ1n) is 4.40. The summed E-state index contributed by atoms with van der Waals surface area (Å²) in [5.74, 6) is 0.110. The zero-order valence-electron chi connectivity index (χ0n) is 7.29. The van der Waals surface area contributed by atoms with Gasteiger partial charge in [-0.05, 0) is 19.4 Å². The summed E-state index contributed by atoms with van der Waals surface area (Å²) in [6.07, 6.45) is 1.99. The first-order valence-corrected chi connectivity index (χ1v) is 4.40. The fraction of sp³-hybridized carbons (Fsp3) is 0.875. The van der Waals surface area contributed by atoms with Gasteiger partial charge in [0.2, 0.25) is 5.91 Å². The molecule has 1 fully saturated rings. The maximum Gasteiger partial charge on any atom is 0.248 e. The van der Waals surface area contributed by atoms with Gasteiger partial charge in [0.1, 0.15) is 6.61 Å². The minimum atomic E-state index is 0.110. The number of hydrogen-bond acceptors (Lipinski definition) is 3. The Hall–Kier alpha value is -0.610. The normalized spacial score (nSPS) is 18.4. The van der Waals surface area contributed by atoms with Gasteiger partial charge in [-0.15, -0.1) is 0 Å². The molecule has 70 valence electrons. The van der Waals surface area contributed by atoms with Crippen molar-refractivity contribution < 1.29 is 9.53 Å². The van der Waals surface area contributed by atoms with Gasteiger partial charge < -0.3 is 15.4 Å². The highest BCUT2D eigenvalue weighted by Crippen LogP contribution is 2.00. The molecule has 0 atom stereocenters. The van der Waals surface area contributed by atoms with Crippen molar-refractivity contribution in [1.29, 1.82) is 0 Å². The van der Waals surface area contributed by atoms with Crippen LogP contribution in [0.25, 0.3) is 0 Å². The highest BCUT2D eigenvalue weighted by molar-refractivity contribution is 5.77. The number of amides is 1. The van der Waals surface area contributed by atoms with Gasteiger partial charge in [0.05, 0.1) is 6.61 Å². The monoisotopic (exact) mass is 172 g/mol. The van der Waals surface area contributed by atoms with E-state index in [9.17, 15) is 4.79 Å². The largest absolute Gasteiger partial charge is 0.370 e. The van der Waals surface area contributed by atoms with Gasteiger partial charge in [-0.1, -0.05) is 0 Å². The predicted molar refractivity (Wildman–Crippen MR) is 45.7 cm³/mol. The fourth-order valence-electron chi connectivity index (χ4n) is 1.23. The molecule has 1 amide bonds. The van der Waals surface area contributed by atoms with E-state index < -0.39 is 0 Å². The second-order valence-electron chi connectivity index (χ2n) is 2.93. The lowest BCUT2D eigenvalue weighted by atomic mass is 10.3. The number of rotatable bonds is 4. The van der Waals surface area contributed by atoms with Crippen LogP contribution in [0.1, 0.15) is 12.8 Å². The molecule has 0 saturated carbocycles. The summed E-state index contributed by atoms with van der Waals surface area (Å²) in [6.45, 7) is 3.21. The van der Waals surface area contributed by atoms with Crippen molar-refractivity contribution in [3.63, 3.8) is 0 Å². The zero-order valence-corrected chi connectivity index (χ0v) is 7.29. The molecule has 12 heavy (non-hydrogen) atoms. The Kier molecular flexibility index (Phi) is 4.04. The lowest BCUT2D eigenvalue weighted by Crippen LogP contribution is -2.42. The van der Waals surface area contributed by atoms with Crippen LogP contribution in [0.4, 0.5) is 0 Å². The van der Waals surface area contributed by atoms with E-state index in [-0.39, 0.29) is 12.5 Å². The molecule has 1 aliphatic heterocycles. The molecule has 4 heteroatoms. The summed E-state index contributed by atoms with van der Waals surface area (Å²) in [4.78, 5) is 13.0. The average Bonchev–Trinajstić information content (AvgIpc) is 2.09. The number of nitrogens with two attached hydrogens (primary N) is 1. The molecular weight excluding hydrogens is 156 g/mol. The molecule has 1 heterocycles. The molecule has 0 aromatic rings. The topological polar surface area (TPSA) is 55.6 Å². The van der Waals surface area contributed by atoms with E-state index >= 15 is 0 Å². The van der Waals surface area contributed by atoms with Gasteiger partial charge in [-0.25, -0.2) is 0 Å². The van der Waals surface area contributed by atoms with E-state index in [0.29, 0.717) is 13.2 Å². The van der Waals surface area contributed by atoms with Crippen LogP contribution in [0, 0.1) is 0 Å². The second kappa shape index (κ2) is 5.11. The zero-order chi connectivity index (χ0) is 8.81. The minimum absolute atomic E-state index is 0.110. The van der Waals surface area contributed by atoms with Crippen molar-refractivity contribution in [2.45, 2.75) is 12.8 Å². The summed E-state index contributed by atoms with van der Waals surface area (Å²) < 4.78 is 5.00. The van der Waals surface area contributed by atoms with Gasteiger partial charge in [-0.3, -0.25) is 4.79 Å². The number of carbonyl (C=O) groups excluding carboxylic acids is 1. The van der Waals surface area contributed by atoms with Crippen molar-refractivity contribution in [3.05, 3.63) is 0 Å². The third kappa shape index (κ3) is 2.79. The van der Waals surface area contributed by atoms with Crippen molar-refractivity contribution in [2.24, 2.45) is 5.73 Å². The fourth-order valence-corrected chi connectivity index (χ4v) is 1.23. The Morgan fingerprint density at radius 1 is 1.50 bits per heavy atom. The molecule has 0 bridgehead atoms. The highest BCUT2D eigenvalue weighted by Gasteiger charge is 2.16. The van der Waals surface area contributed by atoms with Crippen molar-refractivity contribution in [3.8, 4) is 0 Å². The number of morpholine rings is 1. The summed E-state index contributed by atoms with van der Waals surface area (Å²) in [6, 6.07) is 0. The van der Waals surface area contributed by atoms with Crippen LogP contribution in [-0.4, -0.2) is 43.7 Å². The lowest BCUT2D eigenvalue weighted by molar-refractivity contribution is -0.142. The molecule has 0 aromatic heterocycles. The van der Waals surface area contributed by atoms with Crippen LogP contribution in [0.15, 0.2) is 0 Å². The summed E-state index contributed by atoms with van der Waals surface area (Å²) in [7, 11) is 0. The van der Waals surface area contributed by atoms with Gasteiger partial charge >= 0.3 is 0 Å². The van der Waals surface area contributed by atoms with E-state index in [1.165, 1.54) is 0 Å². The van der Waals surface area contributed by atoms with Crippen LogP contribution < -0.4 is 5.73 Å². The number of unbranched alkanes of at least 4 members (excludes halogenated alkanes) is 1. The predicted octanol–water partition coefficient (Wildman–Crippen LogP) is -0.416. The minimum Gasteiger partial charge on any atom is -0.370 e. The summed E-state index contributed by atoms with van der Waals surface area (Å²) in [5.41, 5.74) is 5.35. The van der Waals surface area contributed by atoms with E-state index in [0.717, 1.165) is 25.9 Å². The second-order valence-corrected chi connectivity index (χ2v) is 2.93. The van der Waals surface area contributed by atoms with E-state index in [1.54, 1.807) is 0 Å². The molecule has 0 unspecified atom stereocenters. The van der Waals surface area contributed by atoms with Crippen LogP contribution in [-0.2, 0) is 9.53 Å². The standard InChI is InChI=1S/C8H16N2O2/c9-3-1-2-4-10-5-6-12-7-8(10)11/h1-7,9H2. The molecule has 2 N–H and O–H groups in total. The van der Waals surface area contributed by atoms with Crippen LogP contribution in [0.3, 0.4) is 0 Å². The first kappa shape index (κ1) is 9.48. The molecule has 0 aliphatic carbocycles. The van der Waals surface area contributed by atoms with E-state index in [4.69, 9.17) is 10.5 Å². The summed E-state index contributed by atoms with van der Waals surface area (Å²) >= 11 is 0. The Morgan fingerprint density at radius 3 is 3.00 bits per heavy atom. The van der Waals surface area contributed by atoms with Crippen LogP contribution in [0.2, 0.25) is 0 Å². The Bertz CT molecular complexity index is 150. The van der Waals surface area contributed by atoms with Gasteiger partial charge in [-0.2, -0.15) is 0 Å². The first-order chi connectivity index (χ1) is 5.84. The van der Waals surface area contributed by atoms with Gasteiger partial charge in [0, 0.05) is 13.1 Å². The van der Waals surface area contributed by atoms with Gasteiger partial charge in [0.25, 0.3) is 0 Å². The van der Waals surface area contributed by atoms with Crippen LogP contribution >= 0.6 is 0 Å². The summed E-state index contributed by atoms with van der Waals surface area (Å²) in [5, 5.41) is 0. The molecule has 0 aromatic carbocycles. The third-order valence-electron chi connectivity index (χ3n) is 1.97. The molecule has 4 nitrogen and oxygen atoms in total. The third-order valence-corrected chi connectivity index (χ3v) is 1.97. The Morgan fingerprint density at radius 2 is 2.33 bits per heavy atom. The number of carbonyl (C=O) groups is 1. The molecule has 0 spiro atoms. The van der Waals surface area contributed by atoms with Crippen LogP contribution in [0.5, 0.6) is 0 Å². The smallest absolute Gasteiger partial charge is 0.248 e. The number of nitrogens with zero attached hydrogens (tertiary/aromatic N) is 1. The highest BCUT2D eigenvalue weighted by atomic mass is 16.5. The van der Waals surface area contributed by atoms with E-state index in [1.807, 2.05) is 4.90 Å². The Labute approximate surface area is 72.7 Å². The molecule has 0 radical (unpaired) electrons. The molecule has 1 rings (SSSR count). The van der Waals surface area contributed by atoms with E-state index in [2.05, 4.69) is 0 Å². The van der Waals surface area contributed by atoms with Crippen molar-refractivity contribution in [2.75, 3.05) is 32.8 Å². The number of hydrogen-bond donors (Lipinski definition) is 1. The van der Waals surface area contributed by atoms with Gasteiger partial charge in [0.15, 0.2) is 0 Å². The lowest BCUT2D eigenvalue weighted by Gasteiger charge is -2.26.